The van der Waals surface area contributed by atoms with Gasteiger partial charge in [-0.15, -0.1) is 0 Å². The molecule has 0 bridgehead atoms. The van der Waals surface area contributed by atoms with Crippen molar-refractivity contribution in [2.24, 2.45) is 5.41 Å². The van der Waals surface area contributed by atoms with E-state index in [4.69, 9.17) is 5.11 Å². The molecule has 1 aliphatic carbocycles. The Bertz CT molecular complexity index is 166. The van der Waals surface area contributed by atoms with Crippen LogP contribution in [0.3, 0.4) is 0 Å². The van der Waals surface area contributed by atoms with Gasteiger partial charge in [0.25, 0.3) is 0 Å². The van der Waals surface area contributed by atoms with Gasteiger partial charge in [-0.1, -0.05) is 0 Å². The smallest absolute Gasteiger partial charge is 0.314 e. The van der Waals surface area contributed by atoms with Crippen LogP contribution in [0.25, 0.3) is 0 Å². The molecule has 0 aromatic rings. The van der Waals surface area contributed by atoms with Gasteiger partial charge in [-0.05, 0) is 24.7 Å². The summed E-state index contributed by atoms with van der Waals surface area (Å²) < 4.78 is 0. The predicted molar refractivity (Wildman–Crippen MR) is 45.8 cm³/mol. The average molecular weight is 172 g/mol. The minimum atomic E-state index is -0.140. The zero-order valence-corrected chi connectivity index (χ0v) is 7.39. The van der Waals surface area contributed by atoms with Crippen LogP contribution >= 0.6 is 0 Å². The number of carbonyl (C=O) groups is 1. The third kappa shape index (κ3) is 2.37. The third-order valence-electron chi connectivity index (χ3n) is 2.45. The van der Waals surface area contributed by atoms with E-state index < -0.39 is 0 Å². The number of nitrogens with one attached hydrogen (secondary N) is 2. The van der Waals surface area contributed by atoms with Crippen LogP contribution in [0.15, 0.2) is 0 Å². The summed E-state index contributed by atoms with van der Waals surface area (Å²) in [5.74, 6) is 0. The molecule has 0 aromatic carbocycles. The van der Waals surface area contributed by atoms with Gasteiger partial charge in [0.1, 0.15) is 0 Å². The highest BCUT2D eigenvalue weighted by molar-refractivity contribution is 5.73. The Balaban J connectivity index is 2.17. The van der Waals surface area contributed by atoms with Crippen LogP contribution in [0.5, 0.6) is 0 Å². The van der Waals surface area contributed by atoms with Crippen molar-refractivity contribution >= 4 is 6.03 Å². The van der Waals surface area contributed by atoms with Gasteiger partial charge >= 0.3 is 6.03 Å². The number of aliphatic hydroxyl groups excluding tert-OH is 1. The van der Waals surface area contributed by atoms with Crippen LogP contribution in [-0.4, -0.2) is 31.3 Å². The molecule has 1 saturated carbocycles. The molecule has 0 saturated heterocycles. The van der Waals surface area contributed by atoms with Gasteiger partial charge in [0.15, 0.2) is 0 Å². The van der Waals surface area contributed by atoms with Crippen molar-refractivity contribution in [3.63, 3.8) is 0 Å². The molecule has 70 valence electrons. The Labute approximate surface area is 72.3 Å². The van der Waals surface area contributed by atoms with Gasteiger partial charge in [-0.2, -0.15) is 0 Å². The molecule has 0 radical (unpaired) electrons. The summed E-state index contributed by atoms with van der Waals surface area (Å²) in [4.78, 5) is 10.8. The fourth-order valence-electron chi connectivity index (χ4n) is 1.29. The lowest BCUT2D eigenvalue weighted by molar-refractivity contribution is 0.229. The van der Waals surface area contributed by atoms with Crippen molar-refractivity contribution in [1.29, 1.82) is 0 Å². The fraction of sp³-hybridized carbons (Fsp3) is 0.875. The van der Waals surface area contributed by atoms with E-state index in [2.05, 4.69) is 10.6 Å². The molecule has 12 heavy (non-hydrogen) atoms. The number of hydrogen-bond donors (Lipinski definition) is 3. The van der Waals surface area contributed by atoms with Crippen LogP contribution in [0.1, 0.15) is 19.3 Å². The molecule has 0 atom stereocenters. The second kappa shape index (κ2) is 3.76. The van der Waals surface area contributed by atoms with Gasteiger partial charge in [-0.3, -0.25) is 0 Å². The predicted octanol–water partition coefficient (Wildman–Crippen LogP) is 0.0780. The lowest BCUT2D eigenvalue weighted by atomic mass is 10.0. The van der Waals surface area contributed by atoms with E-state index in [0.717, 1.165) is 19.3 Å². The third-order valence-corrected chi connectivity index (χ3v) is 2.45. The minimum Gasteiger partial charge on any atom is -0.396 e. The van der Waals surface area contributed by atoms with Crippen LogP contribution in [0.4, 0.5) is 4.79 Å². The molecule has 1 rings (SSSR count). The SMILES string of the molecule is CNC(=O)NCC1(CCO)CC1. The van der Waals surface area contributed by atoms with Crippen molar-refractivity contribution in [2.45, 2.75) is 19.3 Å². The number of rotatable bonds is 4. The van der Waals surface area contributed by atoms with Crippen molar-refractivity contribution in [3.8, 4) is 0 Å². The van der Waals surface area contributed by atoms with Crippen LogP contribution in [0, 0.1) is 5.41 Å². The lowest BCUT2D eigenvalue weighted by Gasteiger charge is -2.13. The maximum atomic E-state index is 10.8. The van der Waals surface area contributed by atoms with E-state index >= 15 is 0 Å². The molecule has 3 N–H and O–H groups in total. The van der Waals surface area contributed by atoms with Crippen LogP contribution in [0.2, 0.25) is 0 Å². The van der Waals surface area contributed by atoms with Gasteiger partial charge in [0, 0.05) is 20.2 Å². The second-order valence-corrected chi connectivity index (χ2v) is 3.41. The van der Waals surface area contributed by atoms with E-state index in [1.807, 2.05) is 0 Å². The van der Waals surface area contributed by atoms with Gasteiger partial charge in [-0.25, -0.2) is 4.79 Å². The standard InChI is InChI=1S/C8H16N2O2/c1-9-7(12)10-6-8(2-3-8)4-5-11/h11H,2-6H2,1H3,(H2,9,10,12). The molecular weight excluding hydrogens is 156 g/mol. The molecule has 1 aliphatic rings. The summed E-state index contributed by atoms with van der Waals surface area (Å²) in [5.41, 5.74) is 0.210. The highest BCUT2D eigenvalue weighted by Crippen LogP contribution is 2.47. The zero-order chi connectivity index (χ0) is 9.03. The second-order valence-electron chi connectivity index (χ2n) is 3.41. The first kappa shape index (κ1) is 9.32. The van der Waals surface area contributed by atoms with E-state index in [9.17, 15) is 4.79 Å². The topological polar surface area (TPSA) is 61.4 Å². The molecular formula is C8H16N2O2. The largest absolute Gasteiger partial charge is 0.396 e. The minimum absolute atomic E-state index is 0.140. The first-order valence-corrected chi connectivity index (χ1v) is 4.29. The quantitative estimate of drug-likeness (QED) is 0.562. The molecule has 0 aromatic heterocycles. The summed E-state index contributed by atoms with van der Waals surface area (Å²) >= 11 is 0. The van der Waals surface area contributed by atoms with Crippen molar-refractivity contribution in [3.05, 3.63) is 0 Å². The maximum absolute atomic E-state index is 10.8. The Morgan fingerprint density at radius 3 is 2.67 bits per heavy atom. The van der Waals surface area contributed by atoms with E-state index in [-0.39, 0.29) is 18.1 Å². The normalized spacial score (nSPS) is 18.5. The van der Waals surface area contributed by atoms with Crippen LogP contribution in [-0.2, 0) is 0 Å². The Morgan fingerprint density at radius 1 is 1.58 bits per heavy atom. The average Bonchev–Trinajstić information content (AvgIpc) is 2.82. The fourth-order valence-corrected chi connectivity index (χ4v) is 1.29. The van der Waals surface area contributed by atoms with Crippen molar-refractivity contribution in [1.82, 2.24) is 10.6 Å². The molecule has 0 spiro atoms. The van der Waals surface area contributed by atoms with Crippen molar-refractivity contribution < 1.29 is 9.90 Å². The molecule has 4 heteroatoms. The van der Waals surface area contributed by atoms with E-state index in [0.29, 0.717) is 6.54 Å². The Hall–Kier alpha value is -0.770. The summed E-state index contributed by atoms with van der Waals surface area (Å²) in [5, 5.41) is 14.0. The van der Waals surface area contributed by atoms with Crippen molar-refractivity contribution in [2.75, 3.05) is 20.2 Å². The molecule has 0 aliphatic heterocycles. The Morgan fingerprint density at radius 2 is 2.25 bits per heavy atom. The molecule has 0 heterocycles. The summed E-state index contributed by atoms with van der Waals surface area (Å²) in [6.45, 7) is 0.905. The molecule has 0 unspecified atom stereocenters. The van der Waals surface area contributed by atoms with Gasteiger partial charge in [0.2, 0.25) is 0 Å². The number of aliphatic hydroxyl groups is 1. The van der Waals surface area contributed by atoms with E-state index in [1.165, 1.54) is 0 Å². The summed E-state index contributed by atoms with van der Waals surface area (Å²) in [6.07, 6.45) is 3.05. The summed E-state index contributed by atoms with van der Waals surface area (Å²) in [6, 6.07) is -0.140. The molecule has 1 fully saturated rings. The monoisotopic (exact) mass is 172 g/mol. The zero-order valence-electron chi connectivity index (χ0n) is 7.39. The number of urea groups is 1. The highest BCUT2D eigenvalue weighted by atomic mass is 16.3. The van der Waals surface area contributed by atoms with Gasteiger partial charge < -0.3 is 15.7 Å². The summed E-state index contributed by atoms with van der Waals surface area (Å²) in [7, 11) is 1.60. The van der Waals surface area contributed by atoms with Crippen LogP contribution < -0.4 is 10.6 Å². The van der Waals surface area contributed by atoms with E-state index in [1.54, 1.807) is 7.05 Å². The number of hydrogen-bond acceptors (Lipinski definition) is 2. The number of amides is 2. The molecule has 4 nitrogen and oxygen atoms in total. The first-order valence-electron chi connectivity index (χ1n) is 4.29. The lowest BCUT2D eigenvalue weighted by Crippen LogP contribution is -2.37. The highest BCUT2D eigenvalue weighted by Gasteiger charge is 2.41. The number of carbonyl (C=O) groups excluding carboxylic acids is 1. The van der Waals surface area contributed by atoms with Gasteiger partial charge in [0.05, 0.1) is 0 Å². The molecule has 2 amide bonds. The first-order chi connectivity index (χ1) is 5.72. The maximum Gasteiger partial charge on any atom is 0.314 e. The Kier molecular flexibility index (Phi) is 2.92.